The van der Waals surface area contributed by atoms with E-state index in [-0.39, 0.29) is 11.9 Å². The number of carbonyl (C=O) groups is 4. The minimum absolute atomic E-state index is 0.348. The number of rotatable bonds is 24. The molecule has 4 aromatic rings. The van der Waals surface area contributed by atoms with E-state index in [1.807, 2.05) is 72.8 Å². The molecule has 0 atom stereocenters. The van der Waals surface area contributed by atoms with E-state index in [4.69, 9.17) is 28.4 Å². The SMILES string of the molecule is C=C(C)C(=O)OCCCCCCOc1ccc(C=CC(=O)Oc2ccc3c(c2)C(C)(C)c2cc(OC(=O)C=Cc4ccc(OCCCCCCOC(=O)C(=C)C)cc4)ccc2-3)cc1. The number of hydrogen-bond acceptors (Lipinski definition) is 10. The first-order valence-corrected chi connectivity index (χ1v) is 21.5. The molecule has 0 aromatic heterocycles. The Morgan fingerprint density at radius 3 is 1.21 bits per heavy atom. The van der Waals surface area contributed by atoms with Crippen LogP contribution in [0.5, 0.6) is 23.0 Å². The monoisotopic (exact) mass is 854 g/mol. The molecule has 0 amide bonds. The molecule has 1 aliphatic rings. The van der Waals surface area contributed by atoms with Crippen molar-refractivity contribution in [1.82, 2.24) is 0 Å². The molecule has 10 heteroatoms. The molecule has 10 nitrogen and oxygen atoms in total. The minimum atomic E-state index is -0.495. The van der Waals surface area contributed by atoms with Crippen LogP contribution in [0.1, 0.15) is 101 Å². The highest BCUT2D eigenvalue weighted by Crippen LogP contribution is 2.50. The first kappa shape index (κ1) is 47.4. The highest BCUT2D eigenvalue weighted by molar-refractivity contribution is 5.91. The van der Waals surface area contributed by atoms with Crippen molar-refractivity contribution in [2.45, 2.75) is 84.5 Å². The maximum atomic E-state index is 12.8. The van der Waals surface area contributed by atoms with Crippen molar-refractivity contribution in [3.63, 3.8) is 0 Å². The maximum absolute atomic E-state index is 12.8. The lowest BCUT2D eigenvalue weighted by atomic mass is 9.82. The zero-order chi connectivity index (χ0) is 45.2. The van der Waals surface area contributed by atoms with Crippen LogP contribution in [0.15, 0.2) is 121 Å². The van der Waals surface area contributed by atoms with Gasteiger partial charge in [-0.05, 0) is 159 Å². The van der Waals surface area contributed by atoms with E-state index in [0.29, 0.717) is 49.1 Å². The van der Waals surface area contributed by atoms with Crippen LogP contribution in [0.3, 0.4) is 0 Å². The van der Waals surface area contributed by atoms with Crippen molar-refractivity contribution in [2.75, 3.05) is 26.4 Å². The van der Waals surface area contributed by atoms with Crippen molar-refractivity contribution >= 4 is 36.0 Å². The number of ether oxygens (including phenoxy) is 6. The van der Waals surface area contributed by atoms with Gasteiger partial charge in [0, 0.05) is 28.7 Å². The molecular formula is C53H58O10. The average molecular weight is 855 g/mol. The molecule has 0 radical (unpaired) electrons. The van der Waals surface area contributed by atoms with Gasteiger partial charge in [-0.2, -0.15) is 0 Å². The molecule has 0 saturated heterocycles. The van der Waals surface area contributed by atoms with E-state index in [1.54, 1.807) is 38.1 Å². The second-order valence-corrected chi connectivity index (χ2v) is 16.0. The predicted octanol–water partition coefficient (Wildman–Crippen LogP) is 11.3. The Morgan fingerprint density at radius 1 is 0.492 bits per heavy atom. The molecule has 4 aromatic carbocycles. The summed E-state index contributed by atoms with van der Waals surface area (Å²) in [5, 5.41) is 0. The van der Waals surface area contributed by atoms with Crippen molar-refractivity contribution < 1.29 is 47.6 Å². The van der Waals surface area contributed by atoms with Gasteiger partial charge < -0.3 is 28.4 Å². The highest BCUT2D eigenvalue weighted by atomic mass is 16.5. The van der Waals surface area contributed by atoms with E-state index < -0.39 is 17.4 Å². The summed E-state index contributed by atoms with van der Waals surface area (Å²) in [6.45, 7) is 16.6. The molecule has 330 valence electrons. The van der Waals surface area contributed by atoms with E-state index in [0.717, 1.165) is 96.2 Å². The van der Waals surface area contributed by atoms with Crippen LogP contribution in [0.25, 0.3) is 23.3 Å². The van der Waals surface area contributed by atoms with E-state index >= 15 is 0 Å². The zero-order valence-corrected chi connectivity index (χ0v) is 36.9. The topological polar surface area (TPSA) is 124 Å². The van der Waals surface area contributed by atoms with Gasteiger partial charge in [-0.1, -0.05) is 63.4 Å². The first-order chi connectivity index (χ1) is 30.3. The summed E-state index contributed by atoms with van der Waals surface area (Å²) < 4.78 is 33.3. The summed E-state index contributed by atoms with van der Waals surface area (Å²) in [5.41, 5.74) is 6.09. The molecule has 0 heterocycles. The quantitative estimate of drug-likeness (QED) is 0.0291. The smallest absolute Gasteiger partial charge is 0.336 e. The summed E-state index contributed by atoms with van der Waals surface area (Å²) in [5.74, 6) is 0.677. The molecule has 5 rings (SSSR count). The van der Waals surface area contributed by atoms with Crippen molar-refractivity contribution in [1.29, 1.82) is 0 Å². The molecule has 0 spiro atoms. The summed E-state index contributed by atoms with van der Waals surface area (Å²) in [6, 6.07) is 26.3. The Kier molecular flexibility index (Phi) is 17.7. The molecule has 0 fully saturated rings. The number of carbonyl (C=O) groups excluding carboxylic acids is 4. The number of esters is 4. The van der Waals surface area contributed by atoms with Crippen LogP contribution >= 0.6 is 0 Å². The van der Waals surface area contributed by atoms with Crippen LogP contribution in [-0.2, 0) is 34.1 Å². The molecule has 63 heavy (non-hydrogen) atoms. The van der Waals surface area contributed by atoms with Crippen LogP contribution in [0.4, 0.5) is 0 Å². The Balaban J connectivity index is 1.03. The normalized spacial score (nSPS) is 12.3. The Labute approximate surface area is 371 Å². The second kappa shape index (κ2) is 23.5. The summed E-state index contributed by atoms with van der Waals surface area (Å²) in [4.78, 5) is 48.5. The van der Waals surface area contributed by atoms with E-state index in [9.17, 15) is 19.2 Å². The van der Waals surface area contributed by atoms with Crippen molar-refractivity contribution in [3.05, 3.63) is 144 Å². The highest BCUT2D eigenvalue weighted by Gasteiger charge is 2.36. The van der Waals surface area contributed by atoms with Gasteiger partial charge in [0.25, 0.3) is 0 Å². The Morgan fingerprint density at radius 2 is 0.841 bits per heavy atom. The van der Waals surface area contributed by atoms with Gasteiger partial charge in [-0.15, -0.1) is 0 Å². The molecule has 0 bridgehead atoms. The largest absolute Gasteiger partial charge is 0.494 e. The lowest BCUT2D eigenvalue weighted by Crippen LogP contribution is -2.16. The summed E-state index contributed by atoms with van der Waals surface area (Å²) in [6.07, 6.45) is 13.4. The second-order valence-electron chi connectivity index (χ2n) is 16.0. The van der Waals surface area contributed by atoms with Gasteiger partial charge in [0.2, 0.25) is 0 Å². The van der Waals surface area contributed by atoms with Crippen LogP contribution < -0.4 is 18.9 Å². The third-order valence-corrected chi connectivity index (χ3v) is 10.4. The lowest BCUT2D eigenvalue weighted by Gasteiger charge is -2.22. The van der Waals surface area contributed by atoms with Crippen LogP contribution in [0.2, 0.25) is 0 Å². The van der Waals surface area contributed by atoms with Gasteiger partial charge in [0.05, 0.1) is 26.4 Å². The van der Waals surface area contributed by atoms with Crippen LogP contribution in [-0.4, -0.2) is 50.3 Å². The standard InChI is InChI=1S/C53H58O10/c1-37(2)51(56)60-33-13-9-7-11-31-58-41-21-15-39(16-22-41)19-29-49(54)62-43-25-27-45-46-28-26-44(36-48(46)53(5,6)47(45)35-43)63-50(55)30-20-40-17-23-42(24-18-40)59-32-12-8-10-14-34-61-52(57)38(3)4/h15-30,35-36H,1,3,7-14,31-34H2,2,4-6H3. The van der Waals surface area contributed by atoms with Crippen LogP contribution in [0, 0.1) is 0 Å². The average Bonchev–Trinajstić information content (AvgIpc) is 3.48. The number of benzene rings is 4. The molecule has 0 unspecified atom stereocenters. The maximum Gasteiger partial charge on any atom is 0.336 e. The molecule has 0 aliphatic heterocycles. The Bertz CT molecular complexity index is 2140. The van der Waals surface area contributed by atoms with Crippen molar-refractivity contribution in [3.8, 4) is 34.1 Å². The van der Waals surface area contributed by atoms with Crippen molar-refractivity contribution in [2.24, 2.45) is 0 Å². The fourth-order valence-electron chi connectivity index (χ4n) is 6.87. The number of fused-ring (bicyclic) bond motifs is 3. The molecule has 1 aliphatic carbocycles. The first-order valence-electron chi connectivity index (χ1n) is 21.5. The zero-order valence-electron chi connectivity index (χ0n) is 36.9. The fourth-order valence-corrected chi connectivity index (χ4v) is 6.87. The molecular weight excluding hydrogens is 797 g/mol. The van der Waals surface area contributed by atoms with Gasteiger partial charge in [0.15, 0.2) is 0 Å². The third-order valence-electron chi connectivity index (χ3n) is 10.4. The minimum Gasteiger partial charge on any atom is -0.494 e. The fraction of sp³-hybridized carbons (Fsp3) is 0.321. The Hall–Kier alpha value is -6.68. The van der Waals surface area contributed by atoms with E-state index in [2.05, 4.69) is 27.0 Å². The van der Waals surface area contributed by atoms with Gasteiger partial charge in [-0.25, -0.2) is 19.2 Å². The lowest BCUT2D eigenvalue weighted by molar-refractivity contribution is -0.139. The summed E-state index contributed by atoms with van der Waals surface area (Å²) >= 11 is 0. The van der Waals surface area contributed by atoms with Gasteiger partial charge >= 0.3 is 23.9 Å². The number of hydrogen-bond donors (Lipinski definition) is 0. The molecule has 0 N–H and O–H groups in total. The van der Waals surface area contributed by atoms with Gasteiger partial charge in [-0.3, -0.25) is 0 Å². The number of unbranched alkanes of at least 4 members (excludes halogenated alkanes) is 6. The van der Waals surface area contributed by atoms with Gasteiger partial charge in [0.1, 0.15) is 23.0 Å². The predicted molar refractivity (Wildman–Crippen MR) is 246 cm³/mol. The molecule has 0 saturated carbocycles. The van der Waals surface area contributed by atoms with E-state index in [1.165, 1.54) is 12.2 Å². The third kappa shape index (κ3) is 14.7. The summed E-state index contributed by atoms with van der Waals surface area (Å²) in [7, 11) is 0.